The van der Waals surface area contributed by atoms with E-state index in [9.17, 15) is 9.18 Å². The van der Waals surface area contributed by atoms with Crippen molar-refractivity contribution in [3.8, 4) is 5.75 Å². The lowest BCUT2D eigenvalue weighted by molar-refractivity contribution is 0.0996. The van der Waals surface area contributed by atoms with Gasteiger partial charge in [0.2, 0.25) is 0 Å². The highest BCUT2D eigenvalue weighted by molar-refractivity contribution is 6.04. The maximum atomic E-state index is 13.8. The number of aryl methyl sites for hydroxylation is 2. The number of aromatic nitrogens is 2. The maximum Gasteiger partial charge on any atom is 0.271 e. The molecule has 0 aliphatic rings. The molecule has 0 unspecified atom stereocenters. The van der Waals surface area contributed by atoms with Crippen molar-refractivity contribution in [3.05, 3.63) is 59.0 Å². The second-order valence-corrected chi connectivity index (χ2v) is 5.96. The Bertz CT molecular complexity index is 975. The van der Waals surface area contributed by atoms with Gasteiger partial charge in [0.05, 0.1) is 18.3 Å². The molecule has 0 bridgehead atoms. The van der Waals surface area contributed by atoms with Gasteiger partial charge in [0, 0.05) is 5.39 Å². The fraction of sp³-hybridized carbons (Fsp3) is 0.211. The summed E-state index contributed by atoms with van der Waals surface area (Å²) in [6.45, 7) is 0. The van der Waals surface area contributed by atoms with Crippen LogP contribution in [0, 0.1) is 5.82 Å². The van der Waals surface area contributed by atoms with E-state index in [-0.39, 0.29) is 22.9 Å². The largest absolute Gasteiger partial charge is 0.494 e. The van der Waals surface area contributed by atoms with E-state index in [0.29, 0.717) is 17.3 Å². The Labute approximate surface area is 150 Å². The first-order chi connectivity index (χ1) is 12.5. The van der Waals surface area contributed by atoms with E-state index in [2.05, 4.69) is 10.2 Å². The monoisotopic (exact) mass is 354 g/mol. The van der Waals surface area contributed by atoms with E-state index in [1.165, 1.54) is 13.2 Å². The molecule has 0 fully saturated rings. The van der Waals surface area contributed by atoms with Gasteiger partial charge >= 0.3 is 0 Å². The topological polar surface area (TPSA) is 104 Å². The number of nitrogen functional groups attached to an aromatic ring is 1. The minimum atomic E-state index is -0.705. The Morgan fingerprint density at radius 2 is 2.00 bits per heavy atom. The number of nitrogens with zero attached hydrogens (tertiary/aromatic N) is 2. The van der Waals surface area contributed by atoms with Gasteiger partial charge in [0.1, 0.15) is 0 Å². The lowest BCUT2D eigenvalue weighted by atomic mass is 10.0. The fourth-order valence-corrected chi connectivity index (χ4v) is 2.94. The predicted molar refractivity (Wildman–Crippen MR) is 97.4 cm³/mol. The summed E-state index contributed by atoms with van der Waals surface area (Å²) in [5.41, 5.74) is 14.0. The third-order valence-corrected chi connectivity index (χ3v) is 4.28. The lowest BCUT2D eigenvalue weighted by Crippen LogP contribution is -2.17. The van der Waals surface area contributed by atoms with Crippen molar-refractivity contribution in [1.29, 1.82) is 0 Å². The van der Waals surface area contributed by atoms with Crippen molar-refractivity contribution in [2.24, 2.45) is 5.73 Å². The van der Waals surface area contributed by atoms with Gasteiger partial charge in [-0.1, -0.05) is 24.3 Å². The minimum absolute atomic E-state index is 0.0247. The number of hydrogen-bond acceptors (Lipinski definition) is 5. The van der Waals surface area contributed by atoms with E-state index in [1.807, 2.05) is 18.2 Å². The molecule has 6 nitrogen and oxygen atoms in total. The van der Waals surface area contributed by atoms with Crippen LogP contribution in [0.4, 0.5) is 10.1 Å². The van der Waals surface area contributed by atoms with Gasteiger partial charge in [0.15, 0.2) is 17.3 Å². The summed E-state index contributed by atoms with van der Waals surface area (Å²) in [6.07, 6.45) is 2.22. The van der Waals surface area contributed by atoms with Crippen molar-refractivity contribution >= 4 is 22.5 Å². The van der Waals surface area contributed by atoms with Crippen molar-refractivity contribution in [1.82, 2.24) is 10.2 Å². The van der Waals surface area contributed by atoms with Gasteiger partial charge in [-0.3, -0.25) is 4.79 Å². The van der Waals surface area contributed by atoms with Crippen molar-refractivity contribution < 1.29 is 13.9 Å². The van der Waals surface area contributed by atoms with Crippen LogP contribution in [-0.4, -0.2) is 23.2 Å². The van der Waals surface area contributed by atoms with E-state index < -0.39 is 5.91 Å². The highest BCUT2D eigenvalue weighted by Gasteiger charge is 2.14. The van der Waals surface area contributed by atoms with Gasteiger partial charge in [-0.05, 0) is 42.5 Å². The van der Waals surface area contributed by atoms with Gasteiger partial charge in [-0.25, -0.2) is 4.39 Å². The number of anilines is 1. The van der Waals surface area contributed by atoms with Crippen LogP contribution in [0.1, 0.15) is 28.0 Å². The molecule has 1 heterocycles. The van der Waals surface area contributed by atoms with Crippen LogP contribution in [0.5, 0.6) is 5.75 Å². The van der Waals surface area contributed by atoms with Crippen LogP contribution in [0.25, 0.3) is 10.9 Å². The number of carbonyl (C=O) groups excluding carboxylic acids is 1. The van der Waals surface area contributed by atoms with Crippen molar-refractivity contribution in [2.45, 2.75) is 19.3 Å². The molecule has 1 amide bonds. The molecule has 0 saturated heterocycles. The molecule has 3 rings (SSSR count). The molecule has 134 valence electrons. The number of rotatable bonds is 6. The summed E-state index contributed by atoms with van der Waals surface area (Å²) in [5, 5.41) is 8.62. The van der Waals surface area contributed by atoms with Crippen LogP contribution < -0.4 is 16.2 Å². The highest BCUT2D eigenvalue weighted by Crippen LogP contribution is 2.25. The average molecular weight is 354 g/mol. The van der Waals surface area contributed by atoms with Crippen LogP contribution in [0.2, 0.25) is 0 Å². The first-order valence-corrected chi connectivity index (χ1v) is 8.17. The molecule has 0 radical (unpaired) electrons. The number of carbonyl (C=O) groups is 1. The molecule has 0 saturated carbocycles. The molecule has 0 spiro atoms. The molecule has 7 heteroatoms. The number of halogens is 1. The van der Waals surface area contributed by atoms with Crippen molar-refractivity contribution in [2.75, 3.05) is 12.8 Å². The number of benzene rings is 2. The molecule has 0 aliphatic heterocycles. The fourth-order valence-electron chi connectivity index (χ4n) is 2.94. The van der Waals surface area contributed by atoms with Crippen LogP contribution >= 0.6 is 0 Å². The summed E-state index contributed by atoms with van der Waals surface area (Å²) < 4.78 is 18.7. The minimum Gasteiger partial charge on any atom is -0.494 e. The predicted octanol–water partition coefficient (Wildman–Crippen LogP) is 2.63. The lowest BCUT2D eigenvalue weighted by Gasteiger charge is -2.09. The summed E-state index contributed by atoms with van der Waals surface area (Å²) in [4.78, 5) is 11.4. The van der Waals surface area contributed by atoms with E-state index in [0.717, 1.165) is 24.0 Å². The summed E-state index contributed by atoms with van der Waals surface area (Å²) in [6, 6.07) is 10.5. The Morgan fingerprint density at radius 3 is 2.69 bits per heavy atom. The third-order valence-electron chi connectivity index (χ3n) is 4.28. The van der Waals surface area contributed by atoms with Gasteiger partial charge in [0.25, 0.3) is 5.91 Å². The van der Waals surface area contributed by atoms with Gasteiger partial charge in [-0.2, -0.15) is 0 Å². The van der Waals surface area contributed by atoms with Gasteiger partial charge < -0.3 is 16.2 Å². The zero-order chi connectivity index (χ0) is 18.7. The highest BCUT2D eigenvalue weighted by atomic mass is 19.1. The SMILES string of the molecule is COc1ccc(CCCc2cccc3c(N)c(C(N)=O)nnc23)cc1F. The molecule has 1 aromatic heterocycles. The number of ether oxygens (including phenoxy) is 1. The Morgan fingerprint density at radius 1 is 1.19 bits per heavy atom. The Hall–Kier alpha value is -3.22. The first-order valence-electron chi connectivity index (χ1n) is 8.17. The van der Waals surface area contributed by atoms with E-state index >= 15 is 0 Å². The number of hydrogen-bond donors (Lipinski definition) is 2. The maximum absolute atomic E-state index is 13.8. The third kappa shape index (κ3) is 3.42. The zero-order valence-electron chi connectivity index (χ0n) is 14.3. The number of methoxy groups -OCH3 is 1. The van der Waals surface area contributed by atoms with Crippen LogP contribution in [0.3, 0.4) is 0 Å². The van der Waals surface area contributed by atoms with Crippen LogP contribution in [-0.2, 0) is 12.8 Å². The van der Waals surface area contributed by atoms with Crippen LogP contribution in [0.15, 0.2) is 36.4 Å². The molecule has 3 aromatic rings. The first kappa shape index (κ1) is 17.6. The smallest absolute Gasteiger partial charge is 0.271 e. The normalized spacial score (nSPS) is 10.8. The van der Waals surface area contributed by atoms with E-state index in [1.54, 1.807) is 12.1 Å². The molecular formula is C19H19FN4O2. The Balaban J connectivity index is 1.78. The second kappa shape index (κ2) is 7.35. The summed E-state index contributed by atoms with van der Waals surface area (Å²) in [5.74, 6) is -0.838. The standard InChI is InChI=1S/C19H19FN4O2/c1-26-15-9-8-11(10-14(15)20)4-2-5-12-6-3-7-13-16(21)18(19(22)25)24-23-17(12)13/h3,6-10H,2,4-5H2,1H3,(H2,21,23)(H2,22,25). The molecule has 0 aliphatic carbocycles. The van der Waals surface area contributed by atoms with Crippen molar-refractivity contribution in [3.63, 3.8) is 0 Å². The quantitative estimate of drug-likeness (QED) is 0.708. The number of primary amides is 1. The molecular weight excluding hydrogens is 335 g/mol. The number of nitrogens with two attached hydrogens (primary N) is 2. The average Bonchev–Trinajstić information content (AvgIpc) is 2.62. The molecule has 0 atom stereocenters. The summed E-state index contributed by atoms with van der Waals surface area (Å²) in [7, 11) is 1.44. The molecule has 26 heavy (non-hydrogen) atoms. The second-order valence-electron chi connectivity index (χ2n) is 5.96. The number of fused-ring (bicyclic) bond motifs is 1. The zero-order valence-corrected chi connectivity index (χ0v) is 14.3. The molecule has 2 aromatic carbocycles. The number of amides is 1. The Kier molecular flexibility index (Phi) is 4.97. The summed E-state index contributed by atoms with van der Waals surface area (Å²) >= 11 is 0. The van der Waals surface area contributed by atoms with E-state index in [4.69, 9.17) is 16.2 Å². The molecule has 4 N–H and O–H groups in total. The van der Waals surface area contributed by atoms with Gasteiger partial charge in [-0.15, -0.1) is 10.2 Å².